The molecule has 268 valence electrons. The summed E-state index contributed by atoms with van der Waals surface area (Å²) in [5.74, 6) is 13.5. The summed E-state index contributed by atoms with van der Waals surface area (Å²) in [5.41, 5.74) is 9.71. The molecule has 0 aliphatic carbocycles. The lowest BCUT2D eigenvalue weighted by Crippen LogP contribution is -2.12. The SMILES string of the molecule is Fc1cccc(C#Cc2ccc(-c3noc(Cc4ccco4)n3)cc2)c1.N/C(=N\O)c1ccc(C#Cc2cccc(F)c2)cc1.O=C(Cl)Cc1ccco1. The van der Waals surface area contributed by atoms with Crippen LogP contribution in [0.3, 0.4) is 0 Å². The van der Waals surface area contributed by atoms with Crippen molar-refractivity contribution in [2.45, 2.75) is 12.8 Å². The second-order valence-electron chi connectivity index (χ2n) is 11.0. The zero-order valence-electron chi connectivity index (χ0n) is 28.2. The summed E-state index contributed by atoms with van der Waals surface area (Å²) in [6.07, 6.45) is 3.75. The summed E-state index contributed by atoms with van der Waals surface area (Å²) in [6, 6.07) is 33.8. The predicted octanol–water partition coefficient (Wildman–Crippen LogP) is 8.37. The van der Waals surface area contributed by atoms with Crippen LogP contribution in [0.4, 0.5) is 8.78 Å². The van der Waals surface area contributed by atoms with Crippen LogP contribution >= 0.6 is 11.6 Å². The molecule has 54 heavy (non-hydrogen) atoms. The summed E-state index contributed by atoms with van der Waals surface area (Å²) in [4.78, 5) is 14.6. The topological polar surface area (TPSA) is 141 Å². The number of carbonyl (C=O) groups excluding carboxylic acids is 1. The molecule has 0 amide bonds. The highest BCUT2D eigenvalue weighted by atomic mass is 35.5. The number of amidine groups is 1. The minimum atomic E-state index is -0.398. The van der Waals surface area contributed by atoms with Crippen LogP contribution in [0.1, 0.15) is 45.2 Å². The Labute approximate surface area is 313 Å². The van der Waals surface area contributed by atoms with Crippen LogP contribution < -0.4 is 5.73 Å². The molecule has 0 saturated carbocycles. The Kier molecular flexibility index (Phi) is 13.7. The molecule has 12 heteroatoms. The molecule has 7 aromatic rings. The summed E-state index contributed by atoms with van der Waals surface area (Å²) < 4.78 is 41.5. The Bertz CT molecular complexity index is 2420. The van der Waals surface area contributed by atoms with E-state index in [0.29, 0.717) is 40.6 Å². The van der Waals surface area contributed by atoms with Crippen LogP contribution in [-0.4, -0.2) is 26.4 Å². The molecule has 9 nitrogen and oxygen atoms in total. The van der Waals surface area contributed by atoms with E-state index >= 15 is 0 Å². The van der Waals surface area contributed by atoms with Gasteiger partial charge in [0.15, 0.2) is 5.84 Å². The lowest BCUT2D eigenvalue weighted by molar-refractivity contribution is -0.111. The first-order valence-corrected chi connectivity index (χ1v) is 16.4. The van der Waals surface area contributed by atoms with Crippen molar-refractivity contribution in [3.63, 3.8) is 0 Å². The Morgan fingerprint density at radius 3 is 1.76 bits per heavy atom. The van der Waals surface area contributed by atoms with Gasteiger partial charge in [-0.25, -0.2) is 8.78 Å². The van der Waals surface area contributed by atoms with Gasteiger partial charge in [0, 0.05) is 33.4 Å². The number of benzene rings is 4. The van der Waals surface area contributed by atoms with E-state index in [2.05, 4.69) is 39.0 Å². The van der Waals surface area contributed by atoms with Gasteiger partial charge in [-0.15, -0.1) is 0 Å². The molecule has 7 rings (SSSR count). The van der Waals surface area contributed by atoms with Gasteiger partial charge in [-0.2, -0.15) is 4.98 Å². The zero-order valence-corrected chi connectivity index (χ0v) is 29.0. The number of hydrogen-bond acceptors (Lipinski definition) is 8. The molecule has 0 radical (unpaired) electrons. The minimum Gasteiger partial charge on any atom is -0.469 e. The van der Waals surface area contributed by atoms with Crippen molar-refractivity contribution in [2.24, 2.45) is 10.9 Å². The van der Waals surface area contributed by atoms with Crippen LogP contribution in [0.5, 0.6) is 0 Å². The maximum absolute atomic E-state index is 13.2. The van der Waals surface area contributed by atoms with Crippen molar-refractivity contribution in [1.82, 2.24) is 10.1 Å². The normalized spacial score (nSPS) is 10.3. The average Bonchev–Trinajstić information content (AvgIpc) is 3.99. The van der Waals surface area contributed by atoms with E-state index in [1.54, 1.807) is 66.9 Å². The summed E-state index contributed by atoms with van der Waals surface area (Å²) in [5, 5.41) is 15.0. The van der Waals surface area contributed by atoms with Crippen molar-refractivity contribution < 1.29 is 32.1 Å². The number of hydrogen-bond donors (Lipinski definition) is 2. The van der Waals surface area contributed by atoms with Crippen molar-refractivity contribution >= 4 is 22.7 Å². The van der Waals surface area contributed by atoms with Gasteiger partial charge in [0.2, 0.25) is 17.0 Å². The van der Waals surface area contributed by atoms with Gasteiger partial charge in [-0.3, -0.25) is 4.79 Å². The van der Waals surface area contributed by atoms with Gasteiger partial charge in [-0.05, 0) is 121 Å². The first-order chi connectivity index (χ1) is 26.2. The third-order valence-electron chi connectivity index (χ3n) is 7.05. The highest BCUT2D eigenvalue weighted by Gasteiger charge is 2.10. The molecule has 0 bridgehead atoms. The van der Waals surface area contributed by atoms with E-state index in [0.717, 1.165) is 22.5 Å². The quantitative estimate of drug-likeness (QED) is 0.0433. The lowest BCUT2D eigenvalue weighted by Gasteiger charge is -1.97. The first kappa shape index (κ1) is 38.0. The Balaban J connectivity index is 0.000000175. The average molecular weight is 743 g/mol. The van der Waals surface area contributed by atoms with Crippen molar-refractivity contribution in [2.75, 3.05) is 0 Å². The number of furan rings is 2. The molecule has 0 spiro atoms. The first-order valence-electron chi connectivity index (χ1n) is 16.0. The largest absolute Gasteiger partial charge is 0.469 e. The molecule has 4 aromatic carbocycles. The van der Waals surface area contributed by atoms with Gasteiger partial charge in [0.25, 0.3) is 0 Å². The number of nitrogens with zero attached hydrogens (tertiary/aromatic N) is 3. The summed E-state index contributed by atoms with van der Waals surface area (Å²) >= 11 is 5.07. The molecule has 0 aliphatic heterocycles. The maximum Gasteiger partial charge on any atom is 0.234 e. The number of carbonyl (C=O) groups is 1. The van der Waals surface area contributed by atoms with Gasteiger partial charge < -0.3 is 24.3 Å². The fourth-order valence-electron chi connectivity index (χ4n) is 4.46. The number of aromatic nitrogens is 2. The fraction of sp³-hybridized carbons (Fsp3) is 0.0476. The van der Waals surface area contributed by atoms with E-state index in [1.165, 1.54) is 30.5 Å². The van der Waals surface area contributed by atoms with E-state index in [-0.39, 0.29) is 23.9 Å². The van der Waals surface area contributed by atoms with Crippen LogP contribution in [0.2, 0.25) is 0 Å². The number of nitrogens with two attached hydrogens (primary N) is 1. The number of rotatable bonds is 6. The Morgan fingerprint density at radius 2 is 1.26 bits per heavy atom. The smallest absolute Gasteiger partial charge is 0.234 e. The summed E-state index contributed by atoms with van der Waals surface area (Å²) in [7, 11) is 0. The second-order valence-corrected chi connectivity index (χ2v) is 11.5. The third kappa shape index (κ3) is 12.2. The van der Waals surface area contributed by atoms with E-state index < -0.39 is 5.24 Å². The lowest BCUT2D eigenvalue weighted by atomic mass is 10.1. The van der Waals surface area contributed by atoms with Crippen molar-refractivity contribution in [1.29, 1.82) is 0 Å². The molecule has 3 heterocycles. The molecule has 3 N–H and O–H groups in total. The number of oxime groups is 1. The molecule has 0 aliphatic rings. The van der Waals surface area contributed by atoms with Gasteiger partial charge >= 0.3 is 0 Å². The van der Waals surface area contributed by atoms with Crippen molar-refractivity contribution in [3.05, 3.63) is 191 Å². The minimum absolute atomic E-state index is 0.0460. The fourth-order valence-corrected chi connectivity index (χ4v) is 4.59. The van der Waals surface area contributed by atoms with E-state index in [1.807, 2.05) is 36.4 Å². The molecule has 0 saturated heterocycles. The molecular formula is C42H29ClF2N4O5. The van der Waals surface area contributed by atoms with Crippen LogP contribution in [0, 0.1) is 35.3 Å². The zero-order chi connectivity index (χ0) is 38.1. The third-order valence-corrected chi connectivity index (χ3v) is 7.18. The van der Waals surface area contributed by atoms with Gasteiger partial charge in [0.05, 0.1) is 25.4 Å². The van der Waals surface area contributed by atoms with Crippen LogP contribution in [0.15, 0.2) is 152 Å². The van der Waals surface area contributed by atoms with Crippen LogP contribution in [-0.2, 0) is 17.6 Å². The number of halogens is 3. The second kappa shape index (κ2) is 19.4. The molecule has 0 fully saturated rings. The monoisotopic (exact) mass is 742 g/mol. The molecule has 3 aromatic heterocycles. The predicted molar refractivity (Wildman–Crippen MR) is 198 cm³/mol. The van der Waals surface area contributed by atoms with E-state index in [4.69, 9.17) is 35.9 Å². The molecule has 0 unspecified atom stereocenters. The summed E-state index contributed by atoms with van der Waals surface area (Å²) in [6.45, 7) is 0. The Hall–Kier alpha value is -7.21. The van der Waals surface area contributed by atoms with E-state index in [9.17, 15) is 13.6 Å². The van der Waals surface area contributed by atoms with Crippen LogP contribution in [0.25, 0.3) is 11.4 Å². The van der Waals surface area contributed by atoms with Gasteiger partial charge in [-0.1, -0.05) is 46.1 Å². The highest BCUT2D eigenvalue weighted by molar-refractivity contribution is 6.63. The molecular weight excluding hydrogens is 714 g/mol. The molecule has 0 atom stereocenters. The van der Waals surface area contributed by atoms with Gasteiger partial charge in [0.1, 0.15) is 23.2 Å². The maximum atomic E-state index is 13.2. The Morgan fingerprint density at radius 1 is 0.722 bits per heavy atom. The van der Waals surface area contributed by atoms with Crippen molar-refractivity contribution in [3.8, 4) is 35.1 Å². The highest BCUT2D eigenvalue weighted by Crippen LogP contribution is 2.18. The standard InChI is InChI=1S/C21H13FN2O2.C15H11FN2O.C6H5ClO2/c22-18-4-1-3-16(13-18)7-6-15-8-10-17(11-9-15)21-23-20(26-24-21)14-19-5-2-12-25-19;16-14-3-1-2-12(10-14)5-4-11-6-8-13(9-7-11)15(17)18-19;7-6(8)4-5-2-1-3-9-5/h1-5,8-13H,14H2;1-3,6-10,19H,(H2,17,18);1-3H,4H2.